The lowest BCUT2D eigenvalue weighted by Gasteiger charge is -2.25. The number of hydrogen-bond acceptors (Lipinski definition) is 4. The van der Waals surface area contributed by atoms with E-state index >= 15 is 0 Å². The van der Waals surface area contributed by atoms with E-state index in [1.807, 2.05) is 26.0 Å². The first-order chi connectivity index (χ1) is 15.8. The highest BCUT2D eigenvalue weighted by atomic mass is 19.1. The van der Waals surface area contributed by atoms with E-state index in [1.54, 1.807) is 30.3 Å². The summed E-state index contributed by atoms with van der Waals surface area (Å²) in [6, 6.07) is 17.1. The van der Waals surface area contributed by atoms with Gasteiger partial charge in [0.2, 0.25) is 0 Å². The van der Waals surface area contributed by atoms with Crippen LogP contribution in [0, 0.1) is 12.7 Å². The van der Waals surface area contributed by atoms with Gasteiger partial charge in [0.15, 0.2) is 0 Å². The van der Waals surface area contributed by atoms with E-state index in [1.165, 1.54) is 29.2 Å². The van der Waals surface area contributed by atoms with Gasteiger partial charge in [0.25, 0.3) is 11.7 Å². The predicted octanol–water partition coefficient (Wildman–Crippen LogP) is 5.08. The van der Waals surface area contributed by atoms with Crippen molar-refractivity contribution in [2.24, 2.45) is 0 Å². The van der Waals surface area contributed by atoms with Crippen molar-refractivity contribution in [3.63, 3.8) is 0 Å². The van der Waals surface area contributed by atoms with Crippen LogP contribution in [-0.4, -0.2) is 22.9 Å². The van der Waals surface area contributed by atoms with Crippen molar-refractivity contribution < 1.29 is 23.8 Å². The number of anilines is 1. The van der Waals surface area contributed by atoms with E-state index in [2.05, 4.69) is 0 Å². The number of halogens is 1. The molecule has 2 heterocycles. The number of carbonyl (C=O) groups excluding carboxylic acids is 2. The van der Waals surface area contributed by atoms with Crippen molar-refractivity contribution >= 4 is 23.1 Å². The highest BCUT2D eigenvalue weighted by Gasteiger charge is 2.47. The Kier molecular flexibility index (Phi) is 5.01. The third kappa shape index (κ3) is 3.57. The lowest BCUT2D eigenvalue weighted by atomic mass is 9.94. The van der Waals surface area contributed by atoms with Gasteiger partial charge in [-0.15, -0.1) is 0 Å². The second kappa shape index (κ2) is 7.89. The number of nitrogens with zero attached hydrogens (tertiary/aromatic N) is 1. The van der Waals surface area contributed by atoms with Gasteiger partial charge in [-0.1, -0.05) is 29.8 Å². The van der Waals surface area contributed by atoms with Crippen molar-refractivity contribution in [3.8, 4) is 5.75 Å². The Hall–Kier alpha value is -3.93. The fourth-order valence-corrected chi connectivity index (χ4v) is 4.49. The number of benzene rings is 3. The average molecular weight is 443 g/mol. The van der Waals surface area contributed by atoms with E-state index < -0.39 is 23.5 Å². The van der Waals surface area contributed by atoms with Gasteiger partial charge in [-0.2, -0.15) is 0 Å². The Morgan fingerprint density at radius 2 is 1.73 bits per heavy atom. The Bertz CT molecular complexity index is 1290. The highest BCUT2D eigenvalue weighted by molar-refractivity contribution is 6.51. The lowest BCUT2D eigenvalue weighted by molar-refractivity contribution is -0.132. The summed E-state index contributed by atoms with van der Waals surface area (Å²) in [4.78, 5) is 27.7. The second-order valence-electron chi connectivity index (χ2n) is 8.51. The third-order valence-corrected chi connectivity index (χ3v) is 6.11. The number of aliphatic hydroxyl groups excluding tert-OH is 1. The van der Waals surface area contributed by atoms with Gasteiger partial charge in [0.05, 0.1) is 11.6 Å². The number of aryl methyl sites for hydroxylation is 1. The first-order valence-electron chi connectivity index (χ1n) is 10.8. The van der Waals surface area contributed by atoms with E-state index in [4.69, 9.17) is 4.74 Å². The van der Waals surface area contributed by atoms with Crippen LogP contribution in [0.5, 0.6) is 5.75 Å². The van der Waals surface area contributed by atoms with Gasteiger partial charge in [0, 0.05) is 17.7 Å². The van der Waals surface area contributed by atoms with Crippen molar-refractivity contribution in [2.45, 2.75) is 32.4 Å². The van der Waals surface area contributed by atoms with Crippen LogP contribution in [0.1, 0.15) is 35.2 Å². The van der Waals surface area contributed by atoms with Crippen molar-refractivity contribution in [2.75, 3.05) is 4.90 Å². The average Bonchev–Trinajstić information content (AvgIpc) is 3.30. The molecule has 2 atom stereocenters. The summed E-state index contributed by atoms with van der Waals surface area (Å²) in [6.07, 6.45) is 0.721. The maximum Gasteiger partial charge on any atom is 0.300 e. The van der Waals surface area contributed by atoms with Gasteiger partial charge in [-0.25, -0.2) is 4.39 Å². The van der Waals surface area contributed by atoms with Crippen LogP contribution in [-0.2, 0) is 16.0 Å². The molecular weight excluding hydrogens is 421 g/mol. The molecule has 0 aromatic heterocycles. The quantitative estimate of drug-likeness (QED) is 0.348. The third-order valence-electron chi connectivity index (χ3n) is 6.11. The zero-order chi connectivity index (χ0) is 23.3. The summed E-state index contributed by atoms with van der Waals surface area (Å²) in [5, 5.41) is 11.3. The number of hydrogen-bond donors (Lipinski definition) is 1. The van der Waals surface area contributed by atoms with E-state index in [0.29, 0.717) is 23.2 Å². The zero-order valence-electron chi connectivity index (χ0n) is 18.2. The largest absolute Gasteiger partial charge is 0.507 e. The Labute approximate surface area is 190 Å². The van der Waals surface area contributed by atoms with Crippen LogP contribution in [0.15, 0.2) is 72.3 Å². The fourth-order valence-electron chi connectivity index (χ4n) is 4.49. The molecule has 33 heavy (non-hydrogen) atoms. The Morgan fingerprint density at radius 1 is 1.03 bits per heavy atom. The van der Waals surface area contributed by atoms with Crippen LogP contribution in [0.25, 0.3) is 5.76 Å². The predicted molar refractivity (Wildman–Crippen MR) is 123 cm³/mol. The normalized spacial score (nSPS) is 21.2. The number of aliphatic hydroxyl groups is 1. The minimum atomic E-state index is -0.892. The summed E-state index contributed by atoms with van der Waals surface area (Å²) >= 11 is 0. The highest BCUT2D eigenvalue weighted by Crippen LogP contribution is 2.43. The van der Waals surface area contributed by atoms with Crippen LogP contribution >= 0.6 is 0 Å². The lowest BCUT2D eigenvalue weighted by Crippen LogP contribution is -2.29. The number of ketones is 1. The molecule has 1 saturated heterocycles. The molecule has 1 amide bonds. The summed E-state index contributed by atoms with van der Waals surface area (Å²) in [5.41, 5.74) is 3.38. The molecule has 2 aliphatic heterocycles. The van der Waals surface area contributed by atoms with E-state index in [9.17, 15) is 19.1 Å². The Morgan fingerprint density at radius 3 is 2.42 bits per heavy atom. The van der Waals surface area contributed by atoms with Crippen molar-refractivity contribution in [3.05, 3.63) is 100 Å². The molecule has 2 unspecified atom stereocenters. The standard InChI is InChI=1S/C27H22FNO4/c1-15-3-10-21(11-4-15)29-24(17-5-8-20(28)9-6-17)23(26(31)27(29)32)25(30)18-7-12-22-19(14-18)13-16(2)33-22/h3-12,14,16,24,30H,13H2,1-2H3/b25-23-. The number of carbonyl (C=O) groups is 2. The van der Waals surface area contributed by atoms with Crippen molar-refractivity contribution in [1.29, 1.82) is 0 Å². The minimum absolute atomic E-state index is 0.0286. The SMILES string of the molecule is Cc1ccc(N2C(=O)C(=O)/C(=C(\O)c3ccc4c(c3)CC(C)O4)C2c2ccc(F)cc2)cc1. The van der Waals surface area contributed by atoms with Crippen LogP contribution in [0.2, 0.25) is 0 Å². The van der Waals surface area contributed by atoms with Gasteiger partial charge < -0.3 is 9.84 Å². The summed E-state index contributed by atoms with van der Waals surface area (Å²) in [5.74, 6) is -1.48. The van der Waals surface area contributed by atoms with Crippen LogP contribution in [0.3, 0.4) is 0 Å². The fraction of sp³-hybridized carbons (Fsp3) is 0.185. The number of fused-ring (bicyclic) bond motifs is 1. The second-order valence-corrected chi connectivity index (χ2v) is 8.51. The van der Waals surface area contributed by atoms with Crippen LogP contribution < -0.4 is 9.64 Å². The molecule has 1 fully saturated rings. The maximum absolute atomic E-state index is 13.7. The van der Waals surface area contributed by atoms with Gasteiger partial charge in [0.1, 0.15) is 23.4 Å². The van der Waals surface area contributed by atoms with Crippen molar-refractivity contribution in [1.82, 2.24) is 0 Å². The van der Waals surface area contributed by atoms with E-state index in [-0.39, 0.29) is 17.4 Å². The molecule has 0 radical (unpaired) electrons. The molecule has 3 aromatic rings. The summed E-state index contributed by atoms with van der Waals surface area (Å²) in [7, 11) is 0. The molecule has 1 N–H and O–H groups in total. The molecule has 166 valence electrons. The molecular formula is C27H22FNO4. The number of amides is 1. The number of Topliss-reactive ketones (excluding diaryl/α,β-unsaturated/α-hetero) is 1. The molecule has 0 saturated carbocycles. The summed E-state index contributed by atoms with van der Waals surface area (Å²) < 4.78 is 19.4. The molecule has 3 aromatic carbocycles. The molecule has 0 bridgehead atoms. The van der Waals surface area contributed by atoms with E-state index in [0.717, 1.165) is 16.9 Å². The molecule has 2 aliphatic rings. The molecule has 6 heteroatoms. The first-order valence-corrected chi connectivity index (χ1v) is 10.8. The van der Waals surface area contributed by atoms with Crippen LogP contribution in [0.4, 0.5) is 10.1 Å². The summed E-state index contributed by atoms with van der Waals surface area (Å²) in [6.45, 7) is 3.88. The van der Waals surface area contributed by atoms with Gasteiger partial charge in [-0.05, 0) is 67.4 Å². The smallest absolute Gasteiger partial charge is 0.300 e. The number of ether oxygens (including phenoxy) is 1. The molecule has 0 aliphatic carbocycles. The van der Waals surface area contributed by atoms with Gasteiger partial charge >= 0.3 is 0 Å². The number of rotatable bonds is 3. The first kappa shape index (κ1) is 20.9. The molecule has 0 spiro atoms. The maximum atomic E-state index is 13.7. The molecule has 5 rings (SSSR count). The zero-order valence-corrected chi connectivity index (χ0v) is 18.2. The molecule has 5 nitrogen and oxygen atoms in total. The topological polar surface area (TPSA) is 66.8 Å². The monoisotopic (exact) mass is 443 g/mol. The minimum Gasteiger partial charge on any atom is -0.507 e. The van der Waals surface area contributed by atoms with Gasteiger partial charge in [-0.3, -0.25) is 14.5 Å². The Balaban J connectivity index is 1.68.